The molecule has 2 fully saturated rings. The third-order valence-corrected chi connectivity index (χ3v) is 7.31. The van der Waals surface area contributed by atoms with E-state index in [-0.39, 0.29) is 11.8 Å². The van der Waals surface area contributed by atoms with Gasteiger partial charge in [-0.05, 0) is 87.8 Å². The van der Waals surface area contributed by atoms with Crippen molar-refractivity contribution in [2.24, 2.45) is 11.8 Å². The van der Waals surface area contributed by atoms with Crippen LogP contribution in [0.5, 0.6) is 11.6 Å². The van der Waals surface area contributed by atoms with Crippen LogP contribution < -0.4 is 9.47 Å². The average Bonchev–Trinajstić information content (AvgIpc) is 3.63. The van der Waals surface area contributed by atoms with Gasteiger partial charge in [-0.1, -0.05) is 0 Å². The summed E-state index contributed by atoms with van der Waals surface area (Å²) in [5.74, 6) is 0.340. The van der Waals surface area contributed by atoms with Gasteiger partial charge in [0.15, 0.2) is 11.5 Å². The van der Waals surface area contributed by atoms with Crippen LogP contribution in [0.15, 0.2) is 30.6 Å². The number of carbonyl (C=O) groups excluding carboxylic acids is 1. The van der Waals surface area contributed by atoms with E-state index in [1.807, 2.05) is 0 Å². The monoisotopic (exact) mass is 458 g/mol. The summed E-state index contributed by atoms with van der Waals surface area (Å²) in [6.45, 7) is 3.21. The molecule has 0 spiro atoms. The summed E-state index contributed by atoms with van der Waals surface area (Å²) in [4.78, 5) is 20.1. The molecule has 0 amide bonds. The molecule has 0 aromatic carbocycles. The van der Waals surface area contributed by atoms with Crippen molar-refractivity contribution in [2.45, 2.75) is 69.9 Å². The molecule has 2 heterocycles. The number of hydrogen-bond donors (Lipinski definition) is 0. The molecule has 2 aromatic heterocycles. The van der Waals surface area contributed by atoms with E-state index in [9.17, 15) is 9.18 Å². The molecular formula is C26H32F2N2O3. The number of nitrogens with zero attached hydrogens (tertiary/aromatic N) is 2. The van der Waals surface area contributed by atoms with E-state index in [1.165, 1.54) is 20.0 Å². The maximum absolute atomic E-state index is 15.3. The molecule has 4 rings (SSSR count). The lowest BCUT2D eigenvalue weighted by molar-refractivity contribution is -0.129. The number of pyridine rings is 2. The van der Waals surface area contributed by atoms with Crippen LogP contribution in [0.4, 0.5) is 8.78 Å². The number of Topliss-reactive ketones (excluding diaryl/α,β-unsaturated/α-hetero) is 1. The van der Waals surface area contributed by atoms with Gasteiger partial charge >= 0.3 is 0 Å². The number of aromatic nitrogens is 2. The molecule has 0 aliphatic heterocycles. The predicted molar refractivity (Wildman–Crippen MR) is 121 cm³/mol. The van der Waals surface area contributed by atoms with Gasteiger partial charge in [-0.25, -0.2) is 14.4 Å². The van der Waals surface area contributed by atoms with Crippen LogP contribution in [-0.2, 0) is 4.79 Å². The van der Waals surface area contributed by atoms with Crippen molar-refractivity contribution in [1.82, 2.24) is 9.97 Å². The van der Waals surface area contributed by atoms with Gasteiger partial charge in [0.2, 0.25) is 11.8 Å². The molecule has 5 nitrogen and oxygen atoms in total. The van der Waals surface area contributed by atoms with Gasteiger partial charge in [0.05, 0.1) is 19.9 Å². The largest absolute Gasteiger partial charge is 0.495 e. The van der Waals surface area contributed by atoms with E-state index in [1.54, 1.807) is 31.5 Å². The van der Waals surface area contributed by atoms with E-state index >= 15 is 4.39 Å². The first kappa shape index (κ1) is 23.6. The first-order chi connectivity index (χ1) is 15.8. The summed E-state index contributed by atoms with van der Waals surface area (Å²) in [6.07, 6.45) is 8.44. The third-order valence-electron chi connectivity index (χ3n) is 7.31. The van der Waals surface area contributed by atoms with Crippen LogP contribution in [0, 0.1) is 17.8 Å². The topological polar surface area (TPSA) is 61.3 Å². The third kappa shape index (κ3) is 5.33. The van der Waals surface area contributed by atoms with Crippen LogP contribution in [0.25, 0.3) is 0 Å². The van der Waals surface area contributed by atoms with Gasteiger partial charge in [0.25, 0.3) is 0 Å². The second-order valence-electron chi connectivity index (χ2n) is 9.66. The molecule has 2 atom stereocenters. The van der Waals surface area contributed by atoms with Crippen LogP contribution in [0.3, 0.4) is 0 Å². The lowest BCUT2D eigenvalue weighted by Crippen LogP contribution is -2.36. The highest BCUT2D eigenvalue weighted by molar-refractivity contribution is 5.85. The van der Waals surface area contributed by atoms with Gasteiger partial charge in [0, 0.05) is 23.7 Å². The average molecular weight is 459 g/mol. The fourth-order valence-corrected chi connectivity index (χ4v) is 5.06. The second-order valence-corrected chi connectivity index (χ2v) is 9.66. The Labute approximate surface area is 193 Å². The molecule has 0 N–H and O–H groups in total. The van der Waals surface area contributed by atoms with Gasteiger partial charge in [-0.2, -0.15) is 4.39 Å². The summed E-state index contributed by atoms with van der Waals surface area (Å²) >= 11 is 0. The van der Waals surface area contributed by atoms with Crippen molar-refractivity contribution in [3.05, 3.63) is 47.7 Å². The van der Waals surface area contributed by atoms with Crippen molar-refractivity contribution in [3.8, 4) is 11.6 Å². The molecule has 0 radical (unpaired) electrons. The van der Waals surface area contributed by atoms with Crippen molar-refractivity contribution in [1.29, 1.82) is 0 Å². The Balaban J connectivity index is 1.36. The fourth-order valence-electron chi connectivity index (χ4n) is 5.06. The van der Waals surface area contributed by atoms with Gasteiger partial charge < -0.3 is 9.47 Å². The lowest BCUT2D eigenvalue weighted by Gasteiger charge is -2.30. The second kappa shape index (κ2) is 9.74. The minimum absolute atomic E-state index is 0.124. The maximum atomic E-state index is 15.3. The van der Waals surface area contributed by atoms with E-state index in [2.05, 4.69) is 9.97 Å². The Hall–Kier alpha value is -2.57. The van der Waals surface area contributed by atoms with Gasteiger partial charge in [0.1, 0.15) is 5.75 Å². The summed E-state index contributed by atoms with van der Waals surface area (Å²) in [6, 6.07) is 5.32. The highest BCUT2D eigenvalue weighted by Crippen LogP contribution is 2.50. The smallest absolute Gasteiger partial charge is 0.216 e. The minimum Gasteiger partial charge on any atom is -0.495 e. The molecule has 0 saturated heterocycles. The van der Waals surface area contributed by atoms with Crippen LogP contribution in [0.2, 0.25) is 0 Å². The molecule has 2 aliphatic carbocycles. The standard InChI is InChI=1S/C26H32F2N2O3/c1-16(31)26(2,28)24(19-8-9-19)20-10-11-29-23(12-20)33-15-17-4-6-18(7-5-17)22-13-21(32-3)14-30-25(22)27/h10-14,17-19,24H,4-9,15H2,1-3H3/t17?,18?,24-,26?/m0/s1. The summed E-state index contributed by atoms with van der Waals surface area (Å²) in [5, 5.41) is 0. The number of rotatable bonds is 9. The Morgan fingerprint density at radius 2 is 1.91 bits per heavy atom. The van der Waals surface area contributed by atoms with Crippen LogP contribution in [0.1, 0.15) is 75.3 Å². The number of carbonyl (C=O) groups is 1. The molecule has 2 aliphatic rings. The zero-order chi connectivity index (χ0) is 23.6. The van der Waals surface area contributed by atoms with E-state index in [4.69, 9.17) is 9.47 Å². The Morgan fingerprint density at radius 3 is 2.55 bits per heavy atom. The number of halogens is 2. The molecular weight excluding hydrogens is 426 g/mol. The fraction of sp³-hybridized carbons (Fsp3) is 0.577. The highest BCUT2D eigenvalue weighted by atomic mass is 19.1. The number of ether oxygens (including phenoxy) is 2. The molecule has 2 aromatic rings. The predicted octanol–water partition coefficient (Wildman–Crippen LogP) is 5.79. The number of methoxy groups -OCH3 is 1. The van der Waals surface area contributed by atoms with Crippen LogP contribution in [-0.4, -0.2) is 35.1 Å². The molecule has 178 valence electrons. The van der Waals surface area contributed by atoms with E-state index in [0.717, 1.165) is 44.1 Å². The summed E-state index contributed by atoms with van der Waals surface area (Å²) in [7, 11) is 1.55. The zero-order valence-electron chi connectivity index (χ0n) is 19.5. The lowest BCUT2D eigenvalue weighted by atomic mass is 9.79. The number of hydrogen-bond acceptors (Lipinski definition) is 5. The molecule has 1 unspecified atom stereocenters. The maximum Gasteiger partial charge on any atom is 0.216 e. The Bertz CT molecular complexity index is 985. The molecule has 33 heavy (non-hydrogen) atoms. The quantitative estimate of drug-likeness (QED) is 0.445. The molecule has 0 bridgehead atoms. The molecule has 7 heteroatoms. The number of ketones is 1. The number of alkyl halides is 1. The van der Waals surface area contributed by atoms with Crippen molar-refractivity contribution >= 4 is 5.78 Å². The van der Waals surface area contributed by atoms with Crippen molar-refractivity contribution in [3.63, 3.8) is 0 Å². The minimum atomic E-state index is -1.90. The normalized spacial score (nSPS) is 23.4. The van der Waals surface area contributed by atoms with Gasteiger partial charge in [-0.15, -0.1) is 0 Å². The zero-order valence-corrected chi connectivity index (χ0v) is 19.5. The SMILES string of the molecule is COc1cnc(F)c(C2CCC(COc3cc([C@H](C4CC4)C(C)(F)C(C)=O)ccn3)CC2)c1. The first-order valence-corrected chi connectivity index (χ1v) is 11.8. The first-order valence-electron chi connectivity index (χ1n) is 11.8. The van der Waals surface area contributed by atoms with E-state index < -0.39 is 23.3 Å². The Kier molecular flexibility index (Phi) is 6.96. The van der Waals surface area contributed by atoms with Gasteiger partial charge in [-0.3, -0.25) is 4.79 Å². The summed E-state index contributed by atoms with van der Waals surface area (Å²) in [5.41, 5.74) is -0.510. The molecule has 2 saturated carbocycles. The Morgan fingerprint density at radius 1 is 1.18 bits per heavy atom. The van der Waals surface area contributed by atoms with Crippen LogP contribution >= 0.6 is 0 Å². The van der Waals surface area contributed by atoms with Crippen molar-refractivity contribution < 1.29 is 23.0 Å². The van der Waals surface area contributed by atoms with Crippen molar-refractivity contribution in [2.75, 3.05) is 13.7 Å². The summed E-state index contributed by atoms with van der Waals surface area (Å²) < 4.78 is 40.6. The van der Waals surface area contributed by atoms with E-state index in [0.29, 0.717) is 29.7 Å². The highest BCUT2D eigenvalue weighted by Gasteiger charge is 2.48.